The van der Waals surface area contributed by atoms with Crippen LogP contribution in [-0.2, 0) is 4.79 Å². The van der Waals surface area contributed by atoms with Crippen molar-refractivity contribution in [1.29, 1.82) is 0 Å². The molecule has 1 aliphatic rings. The summed E-state index contributed by atoms with van der Waals surface area (Å²) in [4.78, 5) is 13.6. The number of Topliss-reactive ketones (excluding diaryl/α,β-unsaturated/α-hetero) is 1. The summed E-state index contributed by atoms with van der Waals surface area (Å²) >= 11 is 0. The quantitative estimate of drug-likeness (QED) is 0.248. The summed E-state index contributed by atoms with van der Waals surface area (Å²) in [6.45, 7) is 0. The highest BCUT2D eigenvalue weighted by Crippen LogP contribution is 2.56. The van der Waals surface area contributed by atoms with Gasteiger partial charge in [-0.1, -0.05) is 84.9 Å². The summed E-state index contributed by atoms with van der Waals surface area (Å²) in [7, 11) is 3.43. The molecule has 1 saturated carbocycles. The molecule has 0 radical (unpaired) electrons. The predicted octanol–water partition coefficient (Wildman–Crippen LogP) is 7.77. The molecule has 2 atom stereocenters. The van der Waals surface area contributed by atoms with Crippen LogP contribution in [0.5, 0.6) is 11.5 Å². The number of fused-ring (bicyclic) bond motifs is 4. The molecule has 3 nitrogen and oxygen atoms in total. The minimum atomic E-state index is -0.217. The second-order valence-corrected chi connectivity index (χ2v) is 9.51. The molecule has 0 aromatic heterocycles. The molecule has 7 rings (SSSR count). The Morgan fingerprint density at radius 1 is 0.528 bits per heavy atom. The highest BCUT2D eigenvalue weighted by Gasteiger charge is 2.52. The molecule has 0 N–H and O–H groups in total. The zero-order valence-electron chi connectivity index (χ0n) is 20.1. The molecule has 6 aromatic rings. The predicted molar refractivity (Wildman–Crippen MR) is 147 cm³/mol. The lowest BCUT2D eigenvalue weighted by Crippen LogP contribution is -1.94. The first-order valence-corrected chi connectivity index (χ1v) is 12.2. The van der Waals surface area contributed by atoms with Crippen LogP contribution in [-0.4, -0.2) is 20.0 Å². The molecule has 1 fully saturated rings. The number of carbonyl (C=O) groups excluding carboxylic acids is 1. The van der Waals surface area contributed by atoms with Gasteiger partial charge in [0.15, 0.2) is 0 Å². The molecule has 6 aromatic carbocycles. The van der Waals surface area contributed by atoms with E-state index < -0.39 is 0 Å². The van der Waals surface area contributed by atoms with Crippen molar-refractivity contribution in [3.8, 4) is 11.5 Å². The summed E-state index contributed by atoms with van der Waals surface area (Å²) in [6.07, 6.45) is 0. The smallest absolute Gasteiger partial charge is 0.149 e. The van der Waals surface area contributed by atoms with Crippen LogP contribution in [0.25, 0.3) is 43.1 Å². The van der Waals surface area contributed by atoms with Gasteiger partial charge in [-0.25, -0.2) is 0 Å². The van der Waals surface area contributed by atoms with Crippen LogP contribution in [0.1, 0.15) is 23.0 Å². The van der Waals surface area contributed by atoms with Crippen LogP contribution in [0.4, 0.5) is 0 Å². The molecular weight excluding hydrogens is 444 g/mol. The van der Waals surface area contributed by atoms with Crippen LogP contribution in [0.15, 0.2) is 97.1 Å². The largest absolute Gasteiger partial charge is 0.495 e. The lowest BCUT2D eigenvalue weighted by atomic mass is 9.92. The minimum Gasteiger partial charge on any atom is -0.495 e. The van der Waals surface area contributed by atoms with Crippen LogP contribution < -0.4 is 9.47 Å². The van der Waals surface area contributed by atoms with Gasteiger partial charge in [0.05, 0.1) is 26.1 Å². The third-order valence-corrected chi connectivity index (χ3v) is 7.66. The van der Waals surface area contributed by atoms with Crippen molar-refractivity contribution in [1.82, 2.24) is 0 Å². The van der Waals surface area contributed by atoms with E-state index in [1.807, 2.05) is 36.4 Å². The van der Waals surface area contributed by atoms with Crippen molar-refractivity contribution in [3.63, 3.8) is 0 Å². The number of ether oxygens (including phenoxy) is 2. The molecule has 0 heterocycles. The Morgan fingerprint density at radius 2 is 0.944 bits per heavy atom. The summed E-state index contributed by atoms with van der Waals surface area (Å²) in [5, 5.41) is 8.60. The van der Waals surface area contributed by atoms with E-state index in [1.54, 1.807) is 14.2 Å². The molecule has 0 aliphatic heterocycles. The zero-order chi connectivity index (χ0) is 24.4. The maximum Gasteiger partial charge on any atom is 0.149 e. The van der Waals surface area contributed by atoms with Crippen LogP contribution in [0, 0.1) is 0 Å². The molecule has 0 amide bonds. The van der Waals surface area contributed by atoms with Gasteiger partial charge in [-0.3, -0.25) is 4.79 Å². The van der Waals surface area contributed by atoms with Crippen molar-refractivity contribution in [2.24, 2.45) is 0 Å². The standard InChI is InChI=1S/C33H24O3/c1-35-32-23-13-5-3-9-19(23)17-21-11-7-15-25(27(21)32)29-30(31(29)34)26-16-8-12-22-18-20-10-4-6-14-24(20)33(36-2)28(22)26/h3-18,29-30H,1-2H3. The fourth-order valence-corrected chi connectivity index (χ4v) is 6.05. The first kappa shape index (κ1) is 21.0. The van der Waals surface area contributed by atoms with Gasteiger partial charge in [0.1, 0.15) is 17.3 Å². The normalized spacial score (nSPS) is 17.2. The monoisotopic (exact) mass is 468 g/mol. The van der Waals surface area contributed by atoms with Gasteiger partial charge in [-0.15, -0.1) is 0 Å². The van der Waals surface area contributed by atoms with Crippen molar-refractivity contribution in [3.05, 3.63) is 108 Å². The average molecular weight is 469 g/mol. The number of benzene rings is 6. The van der Waals surface area contributed by atoms with Crippen molar-refractivity contribution >= 4 is 48.9 Å². The SMILES string of the molecule is COc1c2ccccc2cc2cccc(C3C(=O)C3c3cccc4cc5ccccc5c(OC)c34)c12. The van der Waals surface area contributed by atoms with E-state index >= 15 is 0 Å². The molecule has 174 valence electrons. The molecule has 36 heavy (non-hydrogen) atoms. The number of hydrogen-bond donors (Lipinski definition) is 0. The second kappa shape index (κ2) is 7.82. The van der Waals surface area contributed by atoms with Crippen molar-refractivity contribution in [2.45, 2.75) is 11.8 Å². The highest BCUT2D eigenvalue weighted by molar-refractivity contribution is 6.17. The Labute approximate surface area is 208 Å². The van der Waals surface area contributed by atoms with Crippen molar-refractivity contribution in [2.75, 3.05) is 14.2 Å². The number of rotatable bonds is 4. The Balaban J connectivity index is 1.46. The number of carbonyl (C=O) groups is 1. The Kier molecular flexibility index (Phi) is 4.55. The van der Waals surface area contributed by atoms with E-state index in [-0.39, 0.29) is 17.6 Å². The van der Waals surface area contributed by atoms with Gasteiger partial charge in [0.2, 0.25) is 0 Å². The number of ketones is 1. The van der Waals surface area contributed by atoms with E-state index in [1.165, 1.54) is 0 Å². The molecule has 0 spiro atoms. The van der Waals surface area contributed by atoms with E-state index in [9.17, 15) is 4.79 Å². The fraction of sp³-hybridized carbons (Fsp3) is 0.121. The molecule has 3 heteroatoms. The maximum atomic E-state index is 13.6. The number of hydrogen-bond acceptors (Lipinski definition) is 3. The van der Waals surface area contributed by atoms with E-state index in [0.29, 0.717) is 0 Å². The lowest BCUT2D eigenvalue weighted by Gasteiger charge is -2.15. The summed E-state index contributed by atoms with van der Waals surface area (Å²) in [5.41, 5.74) is 2.06. The molecule has 0 saturated heterocycles. The topological polar surface area (TPSA) is 35.5 Å². The zero-order valence-corrected chi connectivity index (χ0v) is 20.1. The fourth-order valence-electron chi connectivity index (χ4n) is 6.05. The third-order valence-electron chi connectivity index (χ3n) is 7.66. The molecule has 2 unspecified atom stereocenters. The maximum absolute atomic E-state index is 13.6. The van der Waals surface area contributed by atoms with Crippen molar-refractivity contribution < 1.29 is 14.3 Å². The van der Waals surface area contributed by atoms with Gasteiger partial charge in [0.25, 0.3) is 0 Å². The van der Waals surface area contributed by atoms with Gasteiger partial charge < -0.3 is 9.47 Å². The minimum absolute atomic E-state index is 0.217. The molecule has 1 aliphatic carbocycles. The van der Waals surface area contributed by atoms with Gasteiger partial charge in [-0.05, 0) is 44.8 Å². The van der Waals surface area contributed by atoms with Crippen LogP contribution in [0.3, 0.4) is 0 Å². The summed E-state index contributed by atoms with van der Waals surface area (Å²) in [6, 6.07) is 33.3. The Hall–Kier alpha value is -4.37. The van der Waals surface area contributed by atoms with Crippen LogP contribution in [0.2, 0.25) is 0 Å². The van der Waals surface area contributed by atoms with E-state index in [4.69, 9.17) is 9.47 Å². The summed E-state index contributed by atoms with van der Waals surface area (Å²) in [5.74, 6) is 1.47. The van der Waals surface area contributed by atoms with E-state index in [0.717, 1.165) is 65.7 Å². The first-order chi connectivity index (χ1) is 17.7. The van der Waals surface area contributed by atoms with Gasteiger partial charge >= 0.3 is 0 Å². The van der Waals surface area contributed by atoms with Crippen LogP contribution >= 0.6 is 0 Å². The van der Waals surface area contributed by atoms with E-state index in [2.05, 4.69) is 60.7 Å². The highest BCUT2D eigenvalue weighted by atomic mass is 16.5. The third kappa shape index (κ3) is 2.89. The average Bonchev–Trinajstić information content (AvgIpc) is 3.59. The summed E-state index contributed by atoms with van der Waals surface area (Å²) < 4.78 is 11.9. The lowest BCUT2D eigenvalue weighted by molar-refractivity contribution is -0.110. The van der Waals surface area contributed by atoms with Gasteiger partial charge in [-0.2, -0.15) is 0 Å². The number of methoxy groups -OCH3 is 2. The Bertz CT molecular complexity index is 1710. The second-order valence-electron chi connectivity index (χ2n) is 9.51. The molecule has 0 bridgehead atoms. The molecular formula is C33H24O3. The van der Waals surface area contributed by atoms with Gasteiger partial charge in [0, 0.05) is 21.5 Å². The first-order valence-electron chi connectivity index (χ1n) is 12.2. The Morgan fingerprint density at radius 3 is 1.39 bits per heavy atom.